The second kappa shape index (κ2) is 3.07. The van der Waals surface area contributed by atoms with E-state index in [1.54, 1.807) is 17.7 Å². The Balaban J connectivity index is 2.58. The Labute approximate surface area is 94.5 Å². The lowest BCUT2D eigenvalue weighted by Gasteiger charge is -1.96. The zero-order valence-electron chi connectivity index (χ0n) is 8.86. The number of aromatic carboxylic acids is 1. The Kier molecular flexibility index (Phi) is 1.77. The van der Waals surface area contributed by atoms with Crippen LogP contribution in [0.25, 0.3) is 21.9 Å². The van der Waals surface area contributed by atoms with E-state index < -0.39 is 11.8 Å². The highest BCUT2D eigenvalue weighted by Gasteiger charge is 2.19. The fourth-order valence-corrected chi connectivity index (χ4v) is 2.10. The first-order valence-electron chi connectivity index (χ1n) is 4.95. The highest BCUT2D eigenvalue weighted by atomic mass is 19.1. The SMILES string of the molecule is Cn1c2ccc(F)cc2c2c(C(=O)O)[nH]nc21. The normalized spacial score (nSPS) is 11.4. The van der Waals surface area contributed by atoms with Crippen molar-refractivity contribution in [3.8, 4) is 0 Å². The van der Waals surface area contributed by atoms with E-state index in [2.05, 4.69) is 10.2 Å². The largest absolute Gasteiger partial charge is 0.477 e. The number of halogens is 1. The van der Waals surface area contributed by atoms with Gasteiger partial charge < -0.3 is 9.67 Å². The molecule has 0 saturated carbocycles. The van der Waals surface area contributed by atoms with Crippen molar-refractivity contribution in [1.29, 1.82) is 0 Å². The molecule has 0 amide bonds. The molecule has 3 rings (SSSR count). The number of rotatable bonds is 1. The van der Waals surface area contributed by atoms with E-state index in [9.17, 15) is 9.18 Å². The molecule has 3 aromatic rings. The highest BCUT2D eigenvalue weighted by Crippen LogP contribution is 2.29. The number of aromatic amines is 1. The Hall–Kier alpha value is -2.37. The maximum Gasteiger partial charge on any atom is 0.354 e. The molecule has 2 N–H and O–H groups in total. The van der Waals surface area contributed by atoms with Gasteiger partial charge in [-0.05, 0) is 18.2 Å². The summed E-state index contributed by atoms with van der Waals surface area (Å²) in [5, 5.41) is 16.4. The van der Waals surface area contributed by atoms with Crippen molar-refractivity contribution >= 4 is 27.9 Å². The molecule has 6 heteroatoms. The van der Waals surface area contributed by atoms with Crippen LogP contribution in [0.4, 0.5) is 4.39 Å². The standard InChI is InChI=1S/C11H8FN3O2/c1-15-7-3-2-5(12)4-6(7)8-9(11(16)17)13-14-10(8)15/h2-4H,1H3,(H,13,14)(H,16,17). The highest BCUT2D eigenvalue weighted by molar-refractivity contribution is 6.14. The maximum atomic E-state index is 13.2. The van der Waals surface area contributed by atoms with Gasteiger partial charge in [0, 0.05) is 12.4 Å². The number of carbonyl (C=O) groups is 1. The average molecular weight is 233 g/mol. The van der Waals surface area contributed by atoms with E-state index >= 15 is 0 Å². The zero-order valence-corrected chi connectivity index (χ0v) is 8.86. The molecule has 0 bridgehead atoms. The summed E-state index contributed by atoms with van der Waals surface area (Å²) in [6, 6.07) is 4.27. The lowest BCUT2D eigenvalue weighted by atomic mass is 10.2. The number of aryl methyl sites for hydroxylation is 1. The quantitative estimate of drug-likeness (QED) is 0.674. The monoisotopic (exact) mass is 233 g/mol. The molecule has 0 atom stereocenters. The van der Waals surface area contributed by atoms with Crippen molar-refractivity contribution in [3.63, 3.8) is 0 Å². The number of hydrogen-bond acceptors (Lipinski definition) is 2. The molecular formula is C11H8FN3O2. The maximum absolute atomic E-state index is 13.2. The van der Waals surface area contributed by atoms with Crippen LogP contribution in [-0.4, -0.2) is 25.8 Å². The van der Waals surface area contributed by atoms with Crippen LogP contribution in [0.2, 0.25) is 0 Å². The van der Waals surface area contributed by atoms with Crippen molar-refractivity contribution in [2.75, 3.05) is 0 Å². The minimum Gasteiger partial charge on any atom is -0.477 e. The first kappa shape index (κ1) is 9.83. The van der Waals surface area contributed by atoms with E-state index in [0.717, 1.165) is 5.52 Å². The molecule has 2 aromatic heterocycles. The van der Waals surface area contributed by atoms with Gasteiger partial charge in [-0.2, -0.15) is 5.10 Å². The van der Waals surface area contributed by atoms with E-state index in [4.69, 9.17) is 5.11 Å². The predicted molar refractivity (Wildman–Crippen MR) is 59.5 cm³/mol. The van der Waals surface area contributed by atoms with Crippen molar-refractivity contribution in [1.82, 2.24) is 14.8 Å². The number of nitrogens with one attached hydrogen (secondary N) is 1. The number of aromatic nitrogens is 3. The Morgan fingerprint density at radius 1 is 1.53 bits per heavy atom. The number of nitrogens with zero attached hydrogens (tertiary/aromatic N) is 2. The van der Waals surface area contributed by atoms with Crippen LogP contribution in [0.15, 0.2) is 18.2 Å². The molecule has 17 heavy (non-hydrogen) atoms. The molecule has 5 nitrogen and oxygen atoms in total. The van der Waals surface area contributed by atoms with E-state index in [-0.39, 0.29) is 5.69 Å². The summed E-state index contributed by atoms with van der Waals surface area (Å²) in [7, 11) is 1.76. The lowest BCUT2D eigenvalue weighted by Crippen LogP contribution is -1.96. The molecule has 0 spiro atoms. The van der Waals surface area contributed by atoms with Crippen LogP contribution in [0.1, 0.15) is 10.5 Å². The Bertz CT molecular complexity index is 757. The first-order chi connectivity index (χ1) is 8.09. The van der Waals surface area contributed by atoms with Gasteiger partial charge in [0.25, 0.3) is 0 Å². The molecule has 0 aliphatic carbocycles. The molecule has 86 valence electrons. The molecular weight excluding hydrogens is 225 g/mol. The summed E-state index contributed by atoms with van der Waals surface area (Å²) < 4.78 is 15.0. The smallest absolute Gasteiger partial charge is 0.354 e. The number of carboxylic acid groups (broad SMARTS) is 1. The minimum atomic E-state index is -1.11. The van der Waals surface area contributed by atoms with Crippen molar-refractivity contribution in [2.24, 2.45) is 7.05 Å². The molecule has 0 saturated heterocycles. The van der Waals surface area contributed by atoms with Gasteiger partial charge >= 0.3 is 5.97 Å². The third-order valence-electron chi connectivity index (χ3n) is 2.87. The van der Waals surface area contributed by atoms with Crippen molar-refractivity contribution < 1.29 is 14.3 Å². The van der Waals surface area contributed by atoms with Gasteiger partial charge in [-0.3, -0.25) is 5.10 Å². The van der Waals surface area contributed by atoms with Crippen LogP contribution in [0, 0.1) is 5.82 Å². The molecule has 0 aliphatic heterocycles. The Morgan fingerprint density at radius 3 is 3.00 bits per heavy atom. The molecule has 0 aliphatic rings. The Morgan fingerprint density at radius 2 is 2.29 bits per heavy atom. The molecule has 0 unspecified atom stereocenters. The third-order valence-corrected chi connectivity index (χ3v) is 2.87. The van der Waals surface area contributed by atoms with Gasteiger partial charge in [0.1, 0.15) is 5.82 Å². The van der Waals surface area contributed by atoms with Crippen LogP contribution >= 0.6 is 0 Å². The van der Waals surface area contributed by atoms with Gasteiger partial charge in [0.2, 0.25) is 0 Å². The number of carboxylic acids is 1. The summed E-state index contributed by atoms with van der Waals surface area (Å²) >= 11 is 0. The van der Waals surface area contributed by atoms with E-state index in [0.29, 0.717) is 16.4 Å². The predicted octanol–water partition coefficient (Wildman–Crippen LogP) is 1.89. The topological polar surface area (TPSA) is 70.9 Å². The zero-order chi connectivity index (χ0) is 12.2. The third kappa shape index (κ3) is 1.17. The van der Waals surface area contributed by atoms with E-state index in [1.807, 2.05) is 0 Å². The van der Waals surface area contributed by atoms with Gasteiger partial charge in [-0.15, -0.1) is 0 Å². The van der Waals surface area contributed by atoms with Gasteiger partial charge in [-0.25, -0.2) is 9.18 Å². The van der Waals surface area contributed by atoms with Gasteiger partial charge in [0.15, 0.2) is 11.3 Å². The van der Waals surface area contributed by atoms with Crippen LogP contribution in [-0.2, 0) is 7.05 Å². The second-order valence-corrected chi connectivity index (χ2v) is 3.82. The van der Waals surface area contributed by atoms with Gasteiger partial charge in [0.05, 0.1) is 10.9 Å². The summed E-state index contributed by atoms with van der Waals surface area (Å²) in [5.41, 5.74) is 1.24. The molecule has 0 fully saturated rings. The molecule has 2 heterocycles. The molecule has 1 aromatic carbocycles. The van der Waals surface area contributed by atoms with Crippen molar-refractivity contribution in [2.45, 2.75) is 0 Å². The van der Waals surface area contributed by atoms with E-state index in [1.165, 1.54) is 12.1 Å². The average Bonchev–Trinajstić information content (AvgIpc) is 2.80. The number of fused-ring (bicyclic) bond motifs is 3. The lowest BCUT2D eigenvalue weighted by molar-refractivity contribution is 0.0692. The van der Waals surface area contributed by atoms with Crippen LogP contribution in [0.5, 0.6) is 0 Å². The fraction of sp³-hybridized carbons (Fsp3) is 0.0909. The van der Waals surface area contributed by atoms with Crippen molar-refractivity contribution in [3.05, 3.63) is 29.7 Å². The number of H-pyrrole nitrogens is 1. The summed E-state index contributed by atoms with van der Waals surface area (Å²) in [4.78, 5) is 11.0. The summed E-state index contributed by atoms with van der Waals surface area (Å²) in [5.74, 6) is -1.51. The van der Waals surface area contributed by atoms with Gasteiger partial charge in [-0.1, -0.05) is 0 Å². The first-order valence-corrected chi connectivity index (χ1v) is 4.95. The second-order valence-electron chi connectivity index (χ2n) is 3.82. The minimum absolute atomic E-state index is 0.0174. The fourth-order valence-electron chi connectivity index (χ4n) is 2.10. The van der Waals surface area contributed by atoms with Crippen LogP contribution in [0.3, 0.4) is 0 Å². The summed E-state index contributed by atoms with van der Waals surface area (Å²) in [6.07, 6.45) is 0. The molecule has 0 radical (unpaired) electrons. The van der Waals surface area contributed by atoms with Crippen LogP contribution < -0.4 is 0 Å². The summed E-state index contributed by atoms with van der Waals surface area (Å²) in [6.45, 7) is 0. The number of hydrogen-bond donors (Lipinski definition) is 2. The number of benzene rings is 1.